The van der Waals surface area contributed by atoms with Gasteiger partial charge in [-0.1, -0.05) is 0 Å². The van der Waals surface area contributed by atoms with E-state index in [0.29, 0.717) is 24.7 Å². The molecule has 0 aromatic carbocycles. The molecule has 2 aromatic heterocycles. The Morgan fingerprint density at radius 2 is 2.27 bits per heavy atom. The molecule has 0 radical (unpaired) electrons. The fourth-order valence-corrected chi connectivity index (χ4v) is 3.57. The Morgan fingerprint density at radius 3 is 2.95 bits per heavy atom. The molecular weight excluding hydrogens is 313 g/mol. The van der Waals surface area contributed by atoms with Crippen LogP contribution in [0.4, 0.5) is 13.2 Å². The van der Waals surface area contributed by atoms with Crippen molar-refractivity contribution in [3.05, 3.63) is 34.3 Å². The van der Waals surface area contributed by atoms with Gasteiger partial charge in [-0.05, 0) is 19.4 Å². The summed E-state index contributed by atoms with van der Waals surface area (Å²) in [5.41, 5.74) is 1.03. The molecule has 0 saturated carbocycles. The highest BCUT2D eigenvalue weighted by Crippen LogP contribution is 2.30. The predicted molar refractivity (Wildman–Crippen MR) is 77.5 cm³/mol. The Balaban J connectivity index is 1.60. The van der Waals surface area contributed by atoms with Crippen LogP contribution in [0.5, 0.6) is 0 Å². The van der Waals surface area contributed by atoms with E-state index < -0.39 is 11.9 Å². The summed E-state index contributed by atoms with van der Waals surface area (Å²) >= 11 is 1.61. The molecule has 2 aromatic rings. The van der Waals surface area contributed by atoms with Crippen LogP contribution in [0.1, 0.15) is 22.8 Å². The standard InChI is InChI=1S/C14H17F3N4S/c1-20(7-11-4-18-9-22-11)5-10-2-3-13-19-12(14(15,16)17)8-21(13)6-10/h4,8-10H,2-3,5-7H2,1H3/t10-/m1/s1. The number of aromatic nitrogens is 3. The third-order valence-corrected chi connectivity index (χ3v) is 4.62. The van der Waals surface area contributed by atoms with Crippen LogP contribution < -0.4 is 0 Å². The summed E-state index contributed by atoms with van der Waals surface area (Å²) in [7, 11) is 2.03. The van der Waals surface area contributed by atoms with Gasteiger partial charge in [0, 0.05) is 43.3 Å². The molecule has 1 aliphatic heterocycles. The summed E-state index contributed by atoms with van der Waals surface area (Å²) in [6.07, 6.45) is 0.121. The fraction of sp³-hybridized carbons (Fsp3) is 0.571. The minimum Gasteiger partial charge on any atom is -0.334 e. The summed E-state index contributed by atoms with van der Waals surface area (Å²) in [5, 5.41) is 0. The lowest BCUT2D eigenvalue weighted by Gasteiger charge is -2.27. The Hall–Kier alpha value is -1.41. The van der Waals surface area contributed by atoms with Gasteiger partial charge in [0.1, 0.15) is 5.82 Å². The van der Waals surface area contributed by atoms with E-state index in [2.05, 4.69) is 14.9 Å². The smallest absolute Gasteiger partial charge is 0.334 e. The number of fused-ring (bicyclic) bond motifs is 1. The molecular formula is C14H17F3N4S. The van der Waals surface area contributed by atoms with Crippen molar-refractivity contribution in [2.45, 2.75) is 32.1 Å². The molecule has 3 rings (SSSR count). The van der Waals surface area contributed by atoms with E-state index in [-0.39, 0.29) is 0 Å². The molecule has 22 heavy (non-hydrogen) atoms. The predicted octanol–water partition coefficient (Wildman–Crippen LogP) is 3.05. The SMILES string of the molecule is CN(Cc1cncs1)C[C@H]1CCc2nc(C(F)(F)F)cn2C1. The maximum atomic E-state index is 12.7. The summed E-state index contributed by atoms with van der Waals surface area (Å²) < 4.78 is 39.8. The van der Waals surface area contributed by atoms with Crippen LogP contribution >= 0.6 is 11.3 Å². The topological polar surface area (TPSA) is 34.0 Å². The molecule has 8 heteroatoms. The number of hydrogen-bond donors (Lipinski definition) is 0. The Labute approximate surface area is 130 Å². The molecule has 0 bridgehead atoms. The molecule has 4 nitrogen and oxygen atoms in total. The van der Waals surface area contributed by atoms with Gasteiger partial charge in [-0.2, -0.15) is 13.2 Å². The highest BCUT2D eigenvalue weighted by atomic mass is 32.1. The molecule has 0 amide bonds. The molecule has 0 spiro atoms. The second-order valence-electron chi connectivity index (χ2n) is 5.76. The molecule has 3 heterocycles. The monoisotopic (exact) mass is 330 g/mol. The van der Waals surface area contributed by atoms with E-state index >= 15 is 0 Å². The van der Waals surface area contributed by atoms with Crippen molar-refractivity contribution in [2.75, 3.05) is 13.6 Å². The molecule has 0 saturated heterocycles. The van der Waals surface area contributed by atoms with Gasteiger partial charge in [0.25, 0.3) is 0 Å². The fourth-order valence-electron chi connectivity index (χ4n) is 2.89. The van der Waals surface area contributed by atoms with Crippen molar-refractivity contribution in [1.29, 1.82) is 0 Å². The number of aryl methyl sites for hydroxylation is 1. The first-order valence-electron chi connectivity index (χ1n) is 7.11. The van der Waals surface area contributed by atoms with E-state index in [1.807, 2.05) is 13.2 Å². The summed E-state index contributed by atoms with van der Waals surface area (Å²) in [6, 6.07) is 0. The third-order valence-electron chi connectivity index (χ3n) is 3.86. The van der Waals surface area contributed by atoms with Crippen molar-refractivity contribution >= 4 is 11.3 Å². The molecule has 120 valence electrons. The van der Waals surface area contributed by atoms with E-state index in [4.69, 9.17) is 0 Å². The molecule has 0 aliphatic carbocycles. The average molecular weight is 330 g/mol. The van der Waals surface area contributed by atoms with E-state index in [9.17, 15) is 13.2 Å². The Kier molecular flexibility index (Phi) is 4.22. The lowest BCUT2D eigenvalue weighted by atomic mass is 9.99. The molecule has 0 unspecified atom stereocenters. The average Bonchev–Trinajstić information content (AvgIpc) is 3.06. The Morgan fingerprint density at radius 1 is 1.45 bits per heavy atom. The van der Waals surface area contributed by atoms with Gasteiger partial charge in [0.15, 0.2) is 5.69 Å². The van der Waals surface area contributed by atoms with E-state index in [1.165, 1.54) is 4.88 Å². The van der Waals surface area contributed by atoms with Gasteiger partial charge in [-0.15, -0.1) is 11.3 Å². The van der Waals surface area contributed by atoms with Gasteiger partial charge < -0.3 is 9.47 Å². The van der Waals surface area contributed by atoms with Gasteiger partial charge in [0.2, 0.25) is 0 Å². The number of alkyl halides is 3. The number of hydrogen-bond acceptors (Lipinski definition) is 4. The first kappa shape index (κ1) is 15.5. The van der Waals surface area contributed by atoms with E-state index in [1.54, 1.807) is 21.4 Å². The second kappa shape index (κ2) is 6.00. The van der Waals surface area contributed by atoms with Crippen molar-refractivity contribution in [3.8, 4) is 0 Å². The number of rotatable bonds is 4. The highest BCUT2D eigenvalue weighted by molar-refractivity contribution is 7.09. The maximum absolute atomic E-state index is 12.7. The lowest BCUT2D eigenvalue weighted by molar-refractivity contribution is -0.141. The number of halogens is 3. The number of nitrogens with zero attached hydrogens (tertiary/aromatic N) is 4. The zero-order valence-electron chi connectivity index (χ0n) is 12.2. The van der Waals surface area contributed by atoms with Gasteiger partial charge in [0.05, 0.1) is 5.51 Å². The zero-order chi connectivity index (χ0) is 15.7. The second-order valence-corrected chi connectivity index (χ2v) is 6.73. The normalized spacial score (nSPS) is 18.7. The van der Waals surface area contributed by atoms with Crippen LogP contribution in [0.25, 0.3) is 0 Å². The van der Waals surface area contributed by atoms with Gasteiger partial charge >= 0.3 is 6.18 Å². The molecule has 0 fully saturated rings. The first-order chi connectivity index (χ1) is 10.4. The third kappa shape index (κ3) is 3.49. The molecule has 1 aliphatic rings. The van der Waals surface area contributed by atoms with Crippen LogP contribution in [0.3, 0.4) is 0 Å². The zero-order valence-corrected chi connectivity index (χ0v) is 13.0. The van der Waals surface area contributed by atoms with Crippen molar-refractivity contribution in [3.63, 3.8) is 0 Å². The van der Waals surface area contributed by atoms with Crippen LogP contribution in [0.15, 0.2) is 17.9 Å². The van der Waals surface area contributed by atoms with Crippen LogP contribution in [0, 0.1) is 5.92 Å². The largest absolute Gasteiger partial charge is 0.434 e. The molecule has 0 N–H and O–H groups in total. The minimum atomic E-state index is -4.36. The number of imidazole rings is 1. The summed E-state index contributed by atoms with van der Waals surface area (Å²) in [5.74, 6) is 0.898. The van der Waals surface area contributed by atoms with Crippen molar-refractivity contribution in [2.24, 2.45) is 5.92 Å². The summed E-state index contributed by atoms with van der Waals surface area (Å²) in [6.45, 7) is 2.29. The highest BCUT2D eigenvalue weighted by Gasteiger charge is 2.35. The summed E-state index contributed by atoms with van der Waals surface area (Å²) in [4.78, 5) is 11.2. The minimum absolute atomic E-state index is 0.348. The first-order valence-corrected chi connectivity index (χ1v) is 7.99. The van der Waals surface area contributed by atoms with Gasteiger partial charge in [-0.25, -0.2) is 4.98 Å². The van der Waals surface area contributed by atoms with Crippen molar-refractivity contribution < 1.29 is 13.2 Å². The number of thiazole rings is 1. The lowest BCUT2D eigenvalue weighted by Crippen LogP contribution is -2.31. The quantitative estimate of drug-likeness (QED) is 0.864. The Bertz CT molecular complexity index is 621. The maximum Gasteiger partial charge on any atom is 0.434 e. The van der Waals surface area contributed by atoms with E-state index in [0.717, 1.165) is 25.7 Å². The van der Waals surface area contributed by atoms with Crippen molar-refractivity contribution in [1.82, 2.24) is 19.4 Å². The van der Waals surface area contributed by atoms with Crippen LogP contribution in [-0.4, -0.2) is 33.0 Å². The van der Waals surface area contributed by atoms with Gasteiger partial charge in [-0.3, -0.25) is 4.98 Å². The molecule has 1 atom stereocenters. The van der Waals surface area contributed by atoms with Crippen LogP contribution in [0.2, 0.25) is 0 Å². The van der Waals surface area contributed by atoms with Crippen LogP contribution in [-0.2, 0) is 25.7 Å².